The molecule has 0 saturated heterocycles. The first-order valence-electron chi connectivity index (χ1n) is 3.78. The molecule has 0 saturated carbocycles. The van der Waals surface area contributed by atoms with Crippen LogP contribution in [0.2, 0.25) is 19.6 Å². The monoisotopic (exact) mass is 140 g/mol. The van der Waals surface area contributed by atoms with Crippen LogP contribution in [0.4, 0.5) is 0 Å². The van der Waals surface area contributed by atoms with Gasteiger partial charge in [-0.2, -0.15) is 0 Å². The molecule has 0 aromatic carbocycles. The van der Waals surface area contributed by atoms with E-state index < -0.39 is 8.07 Å². The summed E-state index contributed by atoms with van der Waals surface area (Å²) in [5.41, 5.74) is 0. The molecule has 1 rings (SSSR count). The molecule has 0 bridgehead atoms. The van der Waals surface area contributed by atoms with Gasteiger partial charge in [-0.05, 0) is 12.3 Å². The summed E-state index contributed by atoms with van der Waals surface area (Å²) in [6.45, 7) is 9.55. The molecule has 1 heteroatoms. The zero-order valence-corrected chi connectivity index (χ0v) is 7.86. The van der Waals surface area contributed by atoms with Crippen molar-refractivity contribution in [2.24, 2.45) is 5.92 Å². The highest BCUT2D eigenvalue weighted by Gasteiger charge is 2.33. The van der Waals surface area contributed by atoms with E-state index in [1.165, 1.54) is 6.42 Å². The van der Waals surface area contributed by atoms with Gasteiger partial charge >= 0.3 is 0 Å². The SMILES string of the molecule is CCC1C=C1[Si](C)(C)C. The van der Waals surface area contributed by atoms with Gasteiger partial charge in [-0.3, -0.25) is 0 Å². The highest BCUT2D eigenvalue weighted by molar-refractivity contribution is 6.84. The maximum absolute atomic E-state index is 2.45. The van der Waals surface area contributed by atoms with Crippen LogP contribution in [-0.4, -0.2) is 8.07 Å². The number of hydrogen-bond donors (Lipinski definition) is 0. The third kappa shape index (κ3) is 1.45. The van der Waals surface area contributed by atoms with Crippen LogP contribution in [-0.2, 0) is 0 Å². The molecule has 52 valence electrons. The smallest absolute Gasteiger partial charge is 0.0728 e. The van der Waals surface area contributed by atoms with E-state index in [4.69, 9.17) is 0 Å². The van der Waals surface area contributed by atoms with E-state index in [2.05, 4.69) is 32.6 Å². The molecule has 1 unspecified atom stereocenters. The van der Waals surface area contributed by atoms with E-state index in [-0.39, 0.29) is 0 Å². The van der Waals surface area contributed by atoms with E-state index in [1.807, 2.05) is 0 Å². The topological polar surface area (TPSA) is 0 Å². The lowest BCUT2D eigenvalue weighted by atomic mass is 10.3. The lowest BCUT2D eigenvalue weighted by molar-refractivity contribution is 0.853. The lowest BCUT2D eigenvalue weighted by Gasteiger charge is -2.12. The van der Waals surface area contributed by atoms with Gasteiger partial charge in [0.1, 0.15) is 0 Å². The summed E-state index contributed by atoms with van der Waals surface area (Å²) in [6, 6.07) is 0. The van der Waals surface area contributed by atoms with Crippen LogP contribution in [0.5, 0.6) is 0 Å². The van der Waals surface area contributed by atoms with Crippen LogP contribution < -0.4 is 0 Å². The molecule has 0 aromatic rings. The molecular formula is C8H16Si. The summed E-state index contributed by atoms with van der Waals surface area (Å²) in [7, 11) is -0.846. The molecule has 0 nitrogen and oxygen atoms in total. The molecule has 1 atom stereocenters. The Labute approximate surface area is 59.0 Å². The Balaban J connectivity index is 2.42. The van der Waals surface area contributed by atoms with E-state index in [0.29, 0.717) is 0 Å². The molecule has 0 heterocycles. The van der Waals surface area contributed by atoms with Gasteiger partial charge in [0.05, 0.1) is 8.07 Å². The van der Waals surface area contributed by atoms with Crippen molar-refractivity contribution in [3.05, 3.63) is 11.3 Å². The molecule has 1 aliphatic rings. The van der Waals surface area contributed by atoms with Crippen LogP contribution >= 0.6 is 0 Å². The van der Waals surface area contributed by atoms with Gasteiger partial charge in [-0.1, -0.05) is 37.8 Å². The second kappa shape index (κ2) is 1.98. The molecule has 0 aliphatic heterocycles. The Bertz CT molecular complexity index is 139. The Morgan fingerprint density at radius 2 is 2.00 bits per heavy atom. The van der Waals surface area contributed by atoms with Crippen molar-refractivity contribution < 1.29 is 0 Å². The maximum atomic E-state index is 2.45. The molecule has 0 N–H and O–H groups in total. The fourth-order valence-corrected chi connectivity index (χ4v) is 3.33. The predicted octanol–water partition coefficient (Wildman–Crippen LogP) is 2.83. The second-order valence-electron chi connectivity index (χ2n) is 3.89. The first kappa shape index (κ1) is 7.07. The van der Waals surface area contributed by atoms with Crippen LogP contribution in [0.1, 0.15) is 13.3 Å². The summed E-state index contributed by atoms with van der Waals surface area (Å²) < 4.78 is 0. The summed E-state index contributed by atoms with van der Waals surface area (Å²) in [5, 5.41) is 1.80. The Kier molecular flexibility index (Phi) is 1.55. The van der Waals surface area contributed by atoms with E-state index in [9.17, 15) is 0 Å². The average molecular weight is 140 g/mol. The molecule has 0 fully saturated rings. The first-order valence-corrected chi connectivity index (χ1v) is 7.28. The van der Waals surface area contributed by atoms with E-state index in [1.54, 1.807) is 5.20 Å². The number of allylic oxidation sites excluding steroid dienone is 2. The van der Waals surface area contributed by atoms with E-state index in [0.717, 1.165) is 5.92 Å². The summed E-state index contributed by atoms with van der Waals surface area (Å²) in [4.78, 5) is 0. The van der Waals surface area contributed by atoms with Crippen molar-refractivity contribution in [2.45, 2.75) is 33.0 Å². The van der Waals surface area contributed by atoms with Crippen LogP contribution in [0.15, 0.2) is 11.3 Å². The van der Waals surface area contributed by atoms with Gasteiger partial charge in [-0.15, -0.1) is 0 Å². The minimum absolute atomic E-state index is 0.846. The largest absolute Gasteiger partial charge is 0.0818 e. The third-order valence-corrected chi connectivity index (χ3v) is 4.25. The van der Waals surface area contributed by atoms with Crippen molar-refractivity contribution in [1.29, 1.82) is 0 Å². The maximum Gasteiger partial charge on any atom is 0.0728 e. The molecule has 1 aliphatic carbocycles. The summed E-state index contributed by atoms with van der Waals surface area (Å²) in [5.74, 6) is 0.914. The third-order valence-electron chi connectivity index (χ3n) is 1.98. The normalized spacial score (nSPS) is 25.8. The van der Waals surface area contributed by atoms with Gasteiger partial charge in [0.25, 0.3) is 0 Å². The van der Waals surface area contributed by atoms with Crippen molar-refractivity contribution in [3.63, 3.8) is 0 Å². The van der Waals surface area contributed by atoms with Gasteiger partial charge in [0, 0.05) is 0 Å². The van der Waals surface area contributed by atoms with Gasteiger partial charge in [-0.25, -0.2) is 0 Å². The van der Waals surface area contributed by atoms with Gasteiger partial charge < -0.3 is 0 Å². The Morgan fingerprint density at radius 1 is 1.44 bits per heavy atom. The first-order chi connectivity index (χ1) is 4.05. The average Bonchev–Trinajstić information content (AvgIpc) is 2.39. The van der Waals surface area contributed by atoms with Gasteiger partial charge in [0.15, 0.2) is 0 Å². The lowest BCUT2D eigenvalue weighted by Crippen LogP contribution is -2.20. The minimum atomic E-state index is -0.846. The molecule has 9 heavy (non-hydrogen) atoms. The van der Waals surface area contributed by atoms with Crippen LogP contribution in [0.3, 0.4) is 0 Å². The summed E-state index contributed by atoms with van der Waals surface area (Å²) >= 11 is 0. The molecular weight excluding hydrogens is 124 g/mol. The predicted molar refractivity (Wildman–Crippen MR) is 45.2 cm³/mol. The Morgan fingerprint density at radius 3 is 2.11 bits per heavy atom. The zero-order valence-electron chi connectivity index (χ0n) is 6.86. The van der Waals surface area contributed by atoms with Crippen molar-refractivity contribution in [2.75, 3.05) is 0 Å². The van der Waals surface area contributed by atoms with Crippen LogP contribution in [0, 0.1) is 5.92 Å². The molecule has 0 radical (unpaired) electrons. The second-order valence-corrected chi connectivity index (χ2v) is 8.96. The summed E-state index contributed by atoms with van der Waals surface area (Å²) in [6.07, 6.45) is 3.78. The van der Waals surface area contributed by atoms with Crippen molar-refractivity contribution in [3.8, 4) is 0 Å². The highest BCUT2D eigenvalue weighted by Crippen LogP contribution is 2.38. The van der Waals surface area contributed by atoms with Crippen molar-refractivity contribution in [1.82, 2.24) is 0 Å². The molecule has 0 amide bonds. The highest BCUT2D eigenvalue weighted by atomic mass is 28.3. The fourth-order valence-electron chi connectivity index (χ4n) is 1.31. The Hall–Kier alpha value is -0.0431. The standard InChI is InChI=1S/C8H16Si/c1-5-7-6-8(7)9(2,3)4/h6-7H,5H2,1-4H3. The fraction of sp³-hybridized carbons (Fsp3) is 0.750. The van der Waals surface area contributed by atoms with Gasteiger partial charge in [0.2, 0.25) is 0 Å². The molecule has 0 spiro atoms. The van der Waals surface area contributed by atoms with Crippen molar-refractivity contribution >= 4 is 8.07 Å². The van der Waals surface area contributed by atoms with E-state index >= 15 is 0 Å². The zero-order chi connectivity index (χ0) is 7.07. The minimum Gasteiger partial charge on any atom is -0.0818 e. The number of hydrogen-bond acceptors (Lipinski definition) is 0. The molecule has 0 aromatic heterocycles. The number of rotatable bonds is 2. The quantitative estimate of drug-likeness (QED) is 0.517. The van der Waals surface area contributed by atoms with Crippen LogP contribution in [0.25, 0.3) is 0 Å².